The predicted octanol–water partition coefficient (Wildman–Crippen LogP) is 3.12. The average molecular weight is 261 g/mol. The molecule has 0 aliphatic carbocycles. The highest BCUT2D eigenvalue weighted by Crippen LogP contribution is 2.26. The Hall–Kier alpha value is -1.09. The van der Waals surface area contributed by atoms with Gasteiger partial charge in [-0.15, -0.1) is 0 Å². The van der Waals surface area contributed by atoms with Crippen molar-refractivity contribution in [1.29, 1.82) is 0 Å². The molecule has 0 radical (unpaired) electrons. The lowest BCUT2D eigenvalue weighted by molar-refractivity contribution is 0.529. The van der Waals surface area contributed by atoms with Gasteiger partial charge in [-0.05, 0) is 42.9 Å². The summed E-state index contributed by atoms with van der Waals surface area (Å²) in [4.78, 5) is 7.26. The maximum Gasteiger partial charge on any atom is 0.129 e. The summed E-state index contributed by atoms with van der Waals surface area (Å²) in [5.74, 6) is 1.99. The van der Waals surface area contributed by atoms with Gasteiger partial charge in [0.1, 0.15) is 5.82 Å². The summed E-state index contributed by atoms with van der Waals surface area (Å²) in [6.45, 7) is 7.40. The first-order valence-corrected chi connectivity index (χ1v) is 7.71. The Morgan fingerprint density at radius 3 is 2.84 bits per heavy atom. The number of nitrogens with zero attached hydrogens (tertiary/aromatic N) is 2. The van der Waals surface area contributed by atoms with Crippen LogP contribution in [0.3, 0.4) is 0 Å². The Balaban J connectivity index is 2.12. The second kappa shape index (κ2) is 6.90. The van der Waals surface area contributed by atoms with Crippen molar-refractivity contribution in [2.45, 2.75) is 52.5 Å². The summed E-state index contributed by atoms with van der Waals surface area (Å²) in [6.07, 6.45) is 6.13. The molecule has 2 N–H and O–H groups in total. The standard InChI is InChI=1S/C16H27N3/c1-3-5-13-7-8-19(12-13)16-10-14(11-17)9-15(18-16)6-4-2/h9-10,13H,3-8,11-12,17H2,1-2H3. The number of aryl methyl sites for hydroxylation is 1. The minimum absolute atomic E-state index is 0.610. The molecular weight excluding hydrogens is 234 g/mol. The van der Waals surface area contributed by atoms with Crippen molar-refractivity contribution < 1.29 is 0 Å². The molecule has 0 bridgehead atoms. The third-order valence-corrected chi connectivity index (χ3v) is 3.97. The monoisotopic (exact) mass is 261 g/mol. The maximum atomic E-state index is 5.81. The van der Waals surface area contributed by atoms with Crippen LogP contribution in [0.4, 0.5) is 5.82 Å². The van der Waals surface area contributed by atoms with E-state index in [2.05, 4.69) is 30.9 Å². The molecular formula is C16H27N3. The van der Waals surface area contributed by atoms with E-state index in [-0.39, 0.29) is 0 Å². The Kier molecular flexibility index (Phi) is 5.20. The van der Waals surface area contributed by atoms with E-state index in [9.17, 15) is 0 Å². The molecule has 1 aliphatic rings. The molecule has 1 aromatic rings. The fourth-order valence-corrected chi connectivity index (χ4v) is 2.98. The van der Waals surface area contributed by atoms with Crippen LogP contribution in [0.1, 0.15) is 50.8 Å². The third kappa shape index (κ3) is 3.69. The first-order chi connectivity index (χ1) is 9.26. The summed E-state index contributed by atoms with van der Waals surface area (Å²) in [7, 11) is 0. The fraction of sp³-hybridized carbons (Fsp3) is 0.688. The largest absolute Gasteiger partial charge is 0.356 e. The summed E-state index contributed by atoms with van der Waals surface area (Å²) < 4.78 is 0. The van der Waals surface area contributed by atoms with Gasteiger partial charge in [0.2, 0.25) is 0 Å². The minimum atomic E-state index is 0.610. The number of pyridine rings is 1. The zero-order chi connectivity index (χ0) is 13.7. The molecule has 1 unspecified atom stereocenters. The van der Waals surface area contributed by atoms with Gasteiger partial charge in [0.25, 0.3) is 0 Å². The van der Waals surface area contributed by atoms with Crippen molar-refractivity contribution in [3.05, 3.63) is 23.4 Å². The molecule has 1 fully saturated rings. The zero-order valence-electron chi connectivity index (χ0n) is 12.4. The molecule has 1 saturated heterocycles. The molecule has 1 aromatic heterocycles. The van der Waals surface area contributed by atoms with Gasteiger partial charge in [-0.1, -0.05) is 26.7 Å². The smallest absolute Gasteiger partial charge is 0.129 e. The van der Waals surface area contributed by atoms with E-state index in [1.54, 1.807) is 0 Å². The SMILES string of the molecule is CCCc1cc(CN)cc(N2CCC(CCC)C2)n1. The number of nitrogens with two attached hydrogens (primary N) is 1. The van der Waals surface area contributed by atoms with Crippen LogP contribution >= 0.6 is 0 Å². The van der Waals surface area contributed by atoms with Crippen LogP contribution in [0, 0.1) is 5.92 Å². The number of anilines is 1. The molecule has 0 amide bonds. The lowest BCUT2D eigenvalue weighted by atomic mass is 10.0. The van der Waals surface area contributed by atoms with E-state index in [1.165, 1.54) is 37.1 Å². The normalized spacial score (nSPS) is 19.1. The highest BCUT2D eigenvalue weighted by atomic mass is 15.2. The first kappa shape index (κ1) is 14.3. The van der Waals surface area contributed by atoms with Crippen molar-refractivity contribution in [2.24, 2.45) is 11.7 Å². The number of aromatic nitrogens is 1. The lowest BCUT2D eigenvalue weighted by Gasteiger charge is -2.19. The van der Waals surface area contributed by atoms with Crippen LogP contribution in [0.15, 0.2) is 12.1 Å². The molecule has 19 heavy (non-hydrogen) atoms. The second-order valence-corrected chi connectivity index (χ2v) is 5.67. The van der Waals surface area contributed by atoms with Crippen molar-refractivity contribution >= 4 is 5.82 Å². The summed E-state index contributed by atoms with van der Waals surface area (Å²) in [5.41, 5.74) is 8.22. The van der Waals surface area contributed by atoms with Crippen LogP contribution < -0.4 is 10.6 Å². The van der Waals surface area contributed by atoms with Crippen molar-refractivity contribution in [3.8, 4) is 0 Å². The van der Waals surface area contributed by atoms with Gasteiger partial charge in [0.15, 0.2) is 0 Å². The molecule has 0 saturated carbocycles. The Morgan fingerprint density at radius 1 is 1.32 bits per heavy atom. The van der Waals surface area contributed by atoms with Gasteiger partial charge in [0, 0.05) is 25.3 Å². The highest BCUT2D eigenvalue weighted by molar-refractivity contribution is 5.44. The molecule has 0 aromatic carbocycles. The van der Waals surface area contributed by atoms with E-state index in [0.29, 0.717) is 6.54 Å². The number of hydrogen-bond donors (Lipinski definition) is 1. The first-order valence-electron chi connectivity index (χ1n) is 7.71. The summed E-state index contributed by atoms with van der Waals surface area (Å²) >= 11 is 0. The number of rotatable bonds is 6. The third-order valence-electron chi connectivity index (χ3n) is 3.97. The maximum absolute atomic E-state index is 5.81. The summed E-state index contributed by atoms with van der Waals surface area (Å²) in [5, 5.41) is 0. The van der Waals surface area contributed by atoms with Crippen LogP contribution in [-0.2, 0) is 13.0 Å². The molecule has 2 rings (SSSR count). The number of hydrogen-bond acceptors (Lipinski definition) is 3. The van der Waals surface area contributed by atoms with E-state index >= 15 is 0 Å². The van der Waals surface area contributed by atoms with Gasteiger partial charge in [-0.3, -0.25) is 0 Å². The Morgan fingerprint density at radius 2 is 2.16 bits per heavy atom. The highest BCUT2D eigenvalue weighted by Gasteiger charge is 2.23. The van der Waals surface area contributed by atoms with Crippen molar-refractivity contribution in [2.75, 3.05) is 18.0 Å². The van der Waals surface area contributed by atoms with E-state index < -0.39 is 0 Å². The van der Waals surface area contributed by atoms with Gasteiger partial charge in [0.05, 0.1) is 0 Å². The second-order valence-electron chi connectivity index (χ2n) is 5.67. The summed E-state index contributed by atoms with van der Waals surface area (Å²) in [6, 6.07) is 4.33. The topological polar surface area (TPSA) is 42.1 Å². The lowest BCUT2D eigenvalue weighted by Crippen LogP contribution is -2.21. The predicted molar refractivity (Wildman–Crippen MR) is 81.4 cm³/mol. The molecule has 0 spiro atoms. The van der Waals surface area contributed by atoms with Gasteiger partial charge in [-0.2, -0.15) is 0 Å². The zero-order valence-corrected chi connectivity index (χ0v) is 12.4. The molecule has 2 heterocycles. The fourth-order valence-electron chi connectivity index (χ4n) is 2.98. The Labute approximate surface area is 117 Å². The molecule has 106 valence electrons. The van der Waals surface area contributed by atoms with Crippen LogP contribution in [0.2, 0.25) is 0 Å². The molecule has 1 atom stereocenters. The van der Waals surface area contributed by atoms with Crippen molar-refractivity contribution in [1.82, 2.24) is 4.98 Å². The minimum Gasteiger partial charge on any atom is -0.356 e. The molecule has 3 heteroatoms. The van der Waals surface area contributed by atoms with E-state index in [4.69, 9.17) is 10.7 Å². The van der Waals surface area contributed by atoms with E-state index in [0.717, 1.165) is 31.1 Å². The van der Waals surface area contributed by atoms with Crippen LogP contribution in [0.25, 0.3) is 0 Å². The van der Waals surface area contributed by atoms with E-state index in [1.807, 2.05) is 0 Å². The average Bonchev–Trinajstić information content (AvgIpc) is 2.88. The van der Waals surface area contributed by atoms with Crippen LogP contribution in [0.5, 0.6) is 0 Å². The quantitative estimate of drug-likeness (QED) is 0.855. The molecule has 1 aliphatic heterocycles. The Bertz CT molecular complexity index is 403. The van der Waals surface area contributed by atoms with Gasteiger partial charge in [-0.25, -0.2) is 4.98 Å². The van der Waals surface area contributed by atoms with Gasteiger partial charge >= 0.3 is 0 Å². The van der Waals surface area contributed by atoms with Crippen LogP contribution in [-0.4, -0.2) is 18.1 Å². The van der Waals surface area contributed by atoms with Crippen molar-refractivity contribution in [3.63, 3.8) is 0 Å². The van der Waals surface area contributed by atoms with Gasteiger partial charge < -0.3 is 10.6 Å². The molecule has 3 nitrogen and oxygen atoms in total.